The molecule has 6 nitrogen and oxygen atoms in total. The molecule has 20 heavy (non-hydrogen) atoms. The fraction of sp³-hybridized carbons (Fsp3) is 0.429. The summed E-state index contributed by atoms with van der Waals surface area (Å²) in [5.41, 5.74) is 6.79. The Hall–Kier alpha value is -2.24. The molecule has 2 rings (SSSR count). The second-order valence-corrected chi connectivity index (χ2v) is 5.19. The SMILES string of the molecule is CC1CCCN(C(=O)Nc2ccc(C(N)=NO)cc2)C1. The number of carbonyl (C=O) groups excluding carboxylic acids is 1. The first-order chi connectivity index (χ1) is 9.60. The zero-order valence-corrected chi connectivity index (χ0v) is 11.5. The summed E-state index contributed by atoms with van der Waals surface area (Å²) in [6, 6.07) is 6.79. The lowest BCUT2D eigenvalue weighted by Crippen LogP contribution is -2.41. The molecule has 1 unspecified atom stereocenters. The molecular formula is C14H20N4O2. The Morgan fingerprint density at radius 2 is 2.15 bits per heavy atom. The van der Waals surface area contributed by atoms with Gasteiger partial charge in [0.05, 0.1) is 0 Å². The highest BCUT2D eigenvalue weighted by Gasteiger charge is 2.20. The zero-order chi connectivity index (χ0) is 14.5. The largest absolute Gasteiger partial charge is 0.409 e. The standard InChI is InChI=1S/C14H20N4O2/c1-10-3-2-8-18(9-10)14(19)16-12-6-4-11(5-7-12)13(15)17-20/h4-7,10,20H,2-3,8-9H2,1H3,(H2,15,17)(H,16,19). The van der Waals surface area contributed by atoms with Crippen molar-refractivity contribution >= 4 is 17.6 Å². The summed E-state index contributed by atoms with van der Waals surface area (Å²) in [4.78, 5) is 14.0. The molecule has 1 aromatic rings. The van der Waals surface area contributed by atoms with Crippen LogP contribution in [0.2, 0.25) is 0 Å². The van der Waals surface area contributed by atoms with E-state index in [9.17, 15) is 4.79 Å². The third-order valence-electron chi connectivity index (χ3n) is 3.48. The van der Waals surface area contributed by atoms with Crippen LogP contribution in [0.3, 0.4) is 0 Å². The van der Waals surface area contributed by atoms with Crippen molar-refractivity contribution in [3.63, 3.8) is 0 Å². The molecule has 1 aromatic carbocycles. The predicted molar refractivity (Wildman–Crippen MR) is 77.9 cm³/mol. The molecule has 6 heteroatoms. The molecule has 0 saturated carbocycles. The number of piperidine rings is 1. The summed E-state index contributed by atoms with van der Waals surface area (Å²) < 4.78 is 0. The van der Waals surface area contributed by atoms with Crippen LogP contribution in [0.25, 0.3) is 0 Å². The van der Waals surface area contributed by atoms with Crippen LogP contribution < -0.4 is 11.1 Å². The van der Waals surface area contributed by atoms with Gasteiger partial charge in [-0.2, -0.15) is 0 Å². The molecule has 1 fully saturated rings. The molecule has 1 aliphatic rings. The van der Waals surface area contributed by atoms with Gasteiger partial charge in [-0.25, -0.2) is 4.79 Å². The third-order valence-corrected chi connectivity index (χ3v) is 3.48. The first-order valence-corrected chi connectivity index (χ1v) is 6.74. The highest BCUT2D eigenvalue weighted by atomic mass is 16.4. The smallest absolute Gasteiger partial charge is 0.321 e. The van der Waals surface area contributed by atoms with E-state index in [4.69, 9.17) is 10.9 Å². The normalized spacial score (nSPS) is 19.8. The molecule has 0 spiro atoms. The van der Waals surface area contributed by atoms with E-state index in [-0.39, 0.29) is 11.9 Å². The summed E-state index contributed by atoms with van der Waals surface area (Å²) in [6.45, 7) is 3.76. The first-order valence-electron chi connectivity index (χ1n) is 6.74. The average molecular weight is 276 g/mol. The Kier molecular flexibility index (Phi) is 4.45. The van der Waals surface area contributed by atoms with E-state index in [0.717, 1.165) is 19.5 Å². The number of urea groups is 1. The maximum Gasteiger partial charge on any atom is 0.321 e. The Balaban J connectivity index is 1.97. The van der Waals surface area contributed by atoms with Gasteiger partial charge < -0.3 is 21.2 Å². The second-order valence-electron chi connectivity index (χ2n) is 5.19. The maximum atomic E-state index is 12.1. The lowest BCUT2D eigenvalue weighted by Gasteiger charge is -2.30. The molecule has 4 N–H and O–H groups in total. The van der Waals surface area contributed by atoms with E-state index in [1.54, 1.807) is 24.3 Å². The van der Waals surface area contributed by atoms with E-state index >= 15 is 0 Å². The minimum atomic E-state index is -0.0758. The predicted octanol–water partition coefficient (Wildman–Crippen LogP) is 2.04. The summed E-state index contributed by atoms with van der Waals surface area (Å²) in [7, 11) is 0. The number of hydrogen-bond donors (Lipinski definition) is 3. The van der Waals surface area contributed by atoms with E-state index in [1.807, 2.05) is 4.90 Å². The fourth-order valence-electron chi connectivity index (χ4n) is 2.36. The quantitative estimate of drug-likeness (QED) is 0.334. The van der Waals surface area contributed by atoms with Crippen LogP contribution in [0, 0.1) is 5.92 Å². The van der Waals surface area contributed by atoms with Gasteiger partial charge in [0.25, 0.3) is 0 Å². The molecule has 1 saturated heterocycles. The molecule has 1 atom stereocenters. The van der Waals surface area contributed by atoms with Crippen LogP contribution in [0.5, 0.6) is 0 Å². The first kappa shape index (κ1) is 14.2. The summed E-state index contributed by atoms with van der Waals surface area (Å²) in [5.74, 6) is 0.602. The van der Waals surface area contributed by atoms with Gasteiger partial charge in [-0.05, 0) is 43.0 Å². The number of hydrogen-bond acceptors (Lipinski definition) is 3. The summed E-state index contributed by atoms with van der Waals surface area (Å²) in [6.07, 6.45) is 2.23. The van der Waals surface area contributed by atoms with E-state index < -0.39 is 0 Å². The topological polar surface area (TPSA) is 91.0 Å². The number of oxime groups is 1. The minimum absolute atomic E-state index is 0.0488. The van der Waals surface area contributed by atoms with Gasteiger partial charge in [-0.1, -0.05) is 12.1 Å². The molecule has 108 valence electrons. The van der Waals surface area contributed by atoms with Gasteiger partial charge in [0.15, 0.2) is 5.84 Å². The molecular weight excluding hydrogens is 256 g/mol. The van der Waals surface area contributed by atoms with Crippen LogP contribution >= 0.6 is 0 Å². The lowest BCUT2D eigenvalue weighted by molar-refractivity contribution is 0.182. The van der Waals surface area contributed by atoms with Gasteiger partial charge >= 0.3 is 6.03 Å². The van der Waals surface area contributed by atoms with Crippen molar-refractivity contribution in [2.24, 2.45) is 16.8 Å². The average Bonchev–Trinajstić information content (AvgIpc) is 2.47. The molecule has 0 aromatic heterocycles. The Bertz CT molecular complexity index is 498. The highest BCUT2D eigenvalue weighted by molar-refractivity contribution is 5.97. The number of nitrogens with two attached hydrogens (primary N) is 1. The molecule has 1 aliphatic heterocycles. The number of anilines is 1. The molecule has 2 amide bonds. The van der Waals surface area contributed by atoms with Crippen LogP contribution in [0.1, 0.15) is 25.3 Å². The molecule has 0 radical (unpaired) electrons. The summed E-state index contributed by atoms with van der Waals surface area (Å²) in [5, 5.41) is 14.4. The van der Waals surface area contributed by atoms with Crippen LogP contribution in [0.15, 0.2) is 29.4 Å². The van der Waals surface area contributed by atoms with Crippen molar-refractivity contribution in [1.29, 1.82) is 0 Å². The number of benzene rings is 1. The molecule has 1 heterocycles. The van der Waals surface area contributed by atoms with E-state index in [2.05, 4.69) is 17.4 Å². The Labute approximate surface area is 118 Å². The monoisotopic (exact) mass is 276 g/mol. The second kappa shape index (κ2) is 6.27. The number of amides is 2. The van der Waals surface area contributed by atoms with Crippen LogP contribution in [0.4, 0.5) is 10.5 Å². The Morgan fingerprint density at radius 1 is 1.45 bits per heavy atom. The number of nitrogens with zero attached hydrogens (tertiary/aromatic N) is 2. The number of amidine groups is 1. The fourth-order valence-corrected chi connectivity index (χ4v) is 2.36. The number of rotatable bonds is 2. The van der Waals surface area contributed by atoms with Crippen molar-refractivity contribution in [3.05, 3.63) is 29.8 Å². The highest BCUT2D eigenvalue weighted by Crippen LogP contribution is 2.17. The molecule has 0 bridgehead atoms. The van der Waals surface area contributed by atoms with Crippen molar-refractivity contribution in [2.45, 2.75) is 19.8 Å². The van der Waals surface area contributed by atoms with Gasteiger partial charge in [-0.15, -0.1) is 0 Å². The lowest BCUT2D eigenvalue weighted by atomic mass is 10.0. The van der Waals surface area contributed by atoms with E-state index in [1.165, 1.54) is 6.42 Å². The van der Waals surface area contributed by atoms with Gasteiger partial charge in [0, 0.05) is 24.3 Å². The van der Waals surface area contributed by atoms with E-state index in [0.29, 0.717) is 17.2 Å². The Morgan fingerprint density at radius 3 is 2.75 bits per heavy atom. The maximum absolute atomic E-state index is 12.1. The van der Waals surface area contributed by atoms with Gasteiger partial charge in [-0.3, -0.25) is 0 Å². The number of nitrogens with one attached hydrogen (secondary N) is 1. The van der Waals surface area contributed by atoms with Crippen molar-refractivity contribution < 1.29 is 10.0 Å². The summed E-state index contributed by atoms with van der Waals surface area (Å²) >= 11 is 0. The zero-order valence-electron chi connectivity index (χ0n) is 11.5. The third kappa shape index (κ3) is 3.40. The number of likely N-dealkylation sites (tertiary alicyclic amines) is 1. The molecule has 0 aliphatic carbocycles. The minimum Gasteiger partial charge on any atom is -0.409 e. The van der Waals surface area contributed by atoms with Crippen molar-refractivity contribution in [1.82, 2.24) is 4.90 Å². The number of carbonyl (C=O) groups is 1. The van der Waals surface area contributed by atoms with Crippen LogP contribution in [-0.4, -0.2) is 35.1 Å². The van der Waals surface area contributed by atoms with Crippen molar-refractivity contribution in [2.75, 3.05) is 18.4 Å². The van der Waals surface area contributed by atoms with Crippen molar-refractivity contribution in [3.8, 4) is 0 Å². The van der Waals surface area contributed by atoms with Gasteiger partial charge in [0.2, 0.25) is 0 Å². The van der Waals surface area contributed by atoms with Crippen LogP contribution in [-0.2, 0) is 0 Å². The van der Waals surface area contributed by atoms with Gasteiger partial charge in [0.1, 0.15) is 0 Å².